The van der Waals surface area contributed by atoms with E-state index in [9.17, 15) is 0 Å². The number of ether oxygens (including phenoxy) is 2. The van der Waals surface area contributed by atoms with Gasteiger partial charge in [0, 0.05) is 7.11 Å². The molecule has 5 atom stereocenters. The van der Waals surface area contributed by atoms with Gasteiger partial charge in [0.25, 0.3) is 0 Å². The number of nitrogens with zero attached hydrogens (tertiary/aromatic N) is 1. The molecule has 1 fully saturated rings. The SMILES string of the molecule is C=NC1[C@H](COC)OC(CC)[C@@H](CC)[C@H]1C. The Kier molecular flexibility index (Phi) is 5.42. The lowest BCUT2D eigenvalue weighted by atomic mass is 9.77. The van der Waals surface area contributed by atoms with Gasteiger partial charge in [0.1, 0.15) is 6.10 Å². The van der Waals surface area contributed by atoms with Crippen LogP contribution in [0.5, 0.6) is 0 Å². The summed E-state index contributed by atoms with van der Waals surface area (Å²) in [6, 6.07) is 0.174. The maximum absolute atomic E-state index is 6.09. The molecule has 0 bridgehead atoms. The van der Waals surface area contributed by atoms with Crippen molar-refractivity contribution in [3.8, 4) is 0 Å². The van der Waals surface area contributed by atoms with Gasteiger partial charge in [-0.15, -0.1) is 0 Å². The molecule has 3 nitrogen and oxygen atoms in total. The minimum atomic E-state index is 0.0743. The van der Waals surface area contributed by atoms with Gasteiger partial charge in [-0.05, 0) is 25.0 Å². The molecule has 0 radical (unpaired) electrons. The molecule has 0 aromatic carbocycles. The number of hydrogen-bond acceptors (Lipinski definition) is 3. The third-order valence-corrected chi connectivity index (χ3v) is 3.84. The monoisotopic (exact) mass is 227 g/mol. The Labute approximate surface area is 99.2 Å². The van der Waals surface area contributed by atoms with Crippen LogP contribution in [0.15, 0.2) is 4.99 Å². The standard InChI is InChI=1S/C13H25NO2/c1-6-10-9(3)13(14-4)12(8-15-5)16-11(10)7-2/h9-13H,4,6-8H2,1-3,5H3/t9-,10+,11?,12+,13?/m1/s1. The second-order valence-electron chi connectivity index (χ2n) is 4.68. The number of methoxy groups -OCH3 is 1. The van der Waals surface area contributed by atoms with Crippen molar-refractivity contribution in [3.05, 3.63) is 0 Å². The van der Waals surface area contributed by atoms with Crippen LogP contribution in [0.2, 0.25) is 0 Å². The lowest BCUT2D eigenvalue weighted by molar-refractivity contribution is -0.137. The van der Waals surface area contributed by atoms with Gasteiger partial charge in [0.05, 0.1) is 18.8 Å². The molecule has 0 saturated carbocycles. The molecule has 1 rings (SSSR count). The molecule has 0 aliphatic carbocycles. The van der Waals surface area contributed by atoms with Crippen LogP contribution in [-0.4, -0.2) is 38.7 Å². The quantitative estimate of drug-likeness (QED) is 0.676. The van der Waals surface area contributed by atoms with Crippen molar-refractivity contribution in [2.75, 3.05) is 13.7 Å². The Hall–Kier alpha value is -0.410. The van der Waals surface area contributed by atoms with Gasteiger partial charge >= 0.3 is 0 Å². The molecule has 1 aliphatic rings. The van der Waals surface area contributed by atoms with Crippen LogP contribution in [0.25, 0.3) is 0 Å². The first-order chi connectivity index (χ1) is 7.69. The Balaban J connectivity index is 2.79. The fourth-order valence-electron chi connectivity index (χ4n) is 2.96. The zero-order valence-electron chi connectivity index (χ0n) is 11.0. The van der Waals surface area contributed by atoms with Gasteiger partial charge in [-0.25, -0.2) is 0 Å². The molecule has 16 heavy (non-hydrogen) atoms. The van der Waals surface area contributed by atoms with E-state index in [4.69, 9.17) is 9.47 Å². The highest BCUT2D eigenvalue weighted by Gasteiger charge is 2.41. The molecule has 1 aliphatic heterocycles. The van der Waals surface area contributed by atoms with Crippen LogP contribution >= 0.6 is 0 Å². The average molecular weight is 227 g/mol. The molecule has 0 spiro atoms. The molecule has 1 saturated heterocycles. The van der Waals surface area contributed by atoms with Crippen LogP contribution in [-0.2, 0) is 9.47 Å². The largest absolute Gasteiger partial charge is 0.382 e. The Morgan fingerprint density at radius 2 is 1.94 bits per heavy atom. The van der Waals surface area contributed by atoms with Crippen molar-refractivity contribution in [2.24, 2.45) is 16.8 Å². The first-order valence-electron chi connectivity index (χ1n) is 6.29. The topological polar surface area (TPSA) is 30.8 Å². The van der Waals surface area contributed by atoms with Gasteiger partial charge in [-0.2, -0.15) is 0 Å². The number of hydrogen-bond donors (Lipinski definition) is 0. The second-order valence-corrected chi connectivity index (χ2v) is 4.68. The summed E-state index contributed by atoms with van der Waals surface area (Å²) in [5, 5.41) is 0. The number of aliphatic imine (C=N–C) groups is 1. The summed E-state index contributed by atoms with van der Waals surface area (Å²) in [6.45, 7) is 11.0. The molecule has 1 heterocycles. The van der Waals surface area contributed by atoms with E-state index in [0.29, 0.717) is 24.5 Å². The second kappa shape index (κ2) is 6.36. The fraction of sp³-hybridized carbons (Fsp3) is 0.923. The molecular weight excluding hydrogens is 202 g/mol. The molecule has 0 N–H and O–H groups in total. The molecule has 94 valence electrons. The average Bonchev–Trinajstić information content (AvgIpc) is 2.29. The summed E-state index contributed by atoms with van der Waals surface area (Å²) < 4.78 is 11.3. The fourth-order valence-corrected chi connectivity index (χ4v) is 2.96. The normalized spacial score (nSPS) is 39.6. The molecule has 0 aromatic rings. The van der Waals surface area contributed by atoms with Crippen molar-refractivity contribution < 1.29 is 9.47 Å². The number of rotatable bonds is 5. The molecule has 0 amide bonds. The van der Waals surface area contributed by atoms with E-state index in [0.717, 1.165) is 12.8 Å². The van der Waals surface area contributed by atoms with Crippen LogP contribution in [0, 0.1) is 11.8 Å². The highest BCUT2D eigenvalue weighted by Crippen LogP contribution is 2.36. The summed E-state index contributed by atoms with van der Waals surface area (Å²) >= 11 is 0. The predicted molar refractivity (Wildman–Crippen MR) is 67.1 cm³/mol. The van der Waals surface area contributed by atoms with Crippen LogP contribution in [0.3, 0.4) is 0 Å². The zero-order valence-corrected chi connectivity index (χ0v) is 11.0. The third kappa shape index (κ3) is 2.64. The smallest absolute Gasteiger partial charge is 0.104 e. The molecular formula is C13H25NO2. The van der Waals surface area contributed by atoms with E-state index in [1.165, 1.54) is 0 Å². The van der Waals surface area contributed by atoms with Gasteiger partial charge < -0.3 is 9.47 Å². The van der Waals surface area contributed by atoms with Crippen LogP contribution < -0.4 is 0 Å². The molecule has 2 unspecified atom stereocenters. The Morgan fingerprint density at radius 3 is 2.38 bits per heavy atom. The minimum absolute atomic E-state index is 0.0743. The third-order valence-electron chi connectivity index (χ3n) is 3.84. The van der Waals surface area contributed by atoms with Gasteiger partial charge in [0.15, 0.2) is 0 Å². The van der Waals surface area contributed by atoms with Crippen LogP contribution in [0.1, 0.15) is 33.6 Å². The molecule has 3 heteroatoms. The van der Waals surface area contributed by atoms with Crippen molar-refractivity contribution in [3.63, 3.8) is 0 Å². The summed E-state index contributed by atoms with van der Waals surface area (Å²) in [5.41, 5.74) is 0. The van der Waals surface area contributed by atoms with Gasteiger partial charge in [-0.1, -0.05) is 27.2 Å². The summed E-state index contributed by atoms with van der Waals surface area (Å²) in [5.74, 6) is 1.12. The van der Waals surface area contributed by atoms with Gasteiger partial charge in [0.2, 0.25) is 0 Å². The summed E-state index contributed by atoms with van der Waals surface area (Å²) in [7, 11) is 1.71. The zero-order chi connectivity index (χ0) is 12.1. The highest BCUT2D eigenvalue weighted by molar-refractivity contribution is 5.25. The molecule has 0 aromatic heterocycles. The van der Waals surface area contributed by atoms with Crippen molar-refractivity contribution >= 4 is 6.72 Å². The minimum Gasteiger partial charge on any atom is -0.382 e. The summed E-state index contributed by atoms with van der Waals surface area (Å²) in [4.78, 5) is 4.24. The van der Waals surface area contributed by atoms with Crippen molar-refractivity contribution in [1.29, 1.82) is 0 Å². The van der Waals surface area contributed by atoms with E-state index in [1.807, 2.05) is 0 Å². The van der Waals surface area contributed by atoms with E-state index in [2.05, 4.69) is 32.5 Å². The maximum atomic E-state index is 6.09. The summed E-state index contributed by atoms with van der Waals surface area (Å²) in [6.07, 6.45) is 2.63. The van der Waals surface area contributed by atoms with Crippen molar-refractivity contribution in [1.82, 2.24) is 0 Å². The Morgan fingerprint density at radius 1 is 1.25 bits per heavy atom. The lowest BCUT2D eigenvalue weighted by Crippen LogP contribution is -2.50. The highest BCUT2D eigenvalue weighted by atomic mass is 16.5. The predicted octanol–water partition coefficient (Wildman–Crippen LogP) is 2.54. The van der Waals surface area contributed by atoms with Crippen molar-refractivity contribution in [2.45, 2.75) is 51.9 Å². The maximum Gasteiger partial charge on any atom is 0.104 e. The van der Waals surface area contributed by atoms with Gasteiger partial charge in [-0.3, -0.25) is 4.99 Å². The van der Waals surface area contributed by atoms with E-state index >= 15 is 0 Å². The van der Waals surface area contributed by atoms with E-state index in [-0.39, 0.29) is 12.1 Å². The Bertz CT molecular complexity index is 218. The lowest BCUT2D eigenvalue weighted by Gasteiger charge is -2.44. The van der Waals surface area contributed by atoms with E-state index in [1.54, 1.807) is 7.11 Å². The first kappa shape index (κ1) is 13.7. The van der Waals surface area contributed by atoms with E-state index < -0.39 is 0 Å². The van der Waals surface area contributed by atoms with Crippen LogP contribution in [0.4, 0.5) is 0 Å². The first-order valence-corrected chi connectivity index (χ1v) is 6.29.